The van der Waals surface area contributed by atoms with Gasteiger partial charge in [0.25, 0.3) is 0 Å². The van der Waals surface area contributed by atoms with Gasteiger partial charge in [0.05, 0.1) is 5.88 Å². The van der Waals surface area contributed by atoms with Gasteiger partial charge in [-0.1, -0.05) is 42.5 Å². The van der Waals surface area contributed by atoms with E-state index in [4.69, 9.17) is 16.3 Å². The van der Waals surface area contributed by atoms with Gasteiger partial charge in [-0.25, -0.2) is 0 Å². The van der Waals surface area contributed by atoms with E-state index in [9.17, 15) is 4.79 Å². The van der Waals surface area contributed by atoms with E-state index >= 15 is 0 Å². The van der Waals surface area contributed by atoms with E-state index in [1.54, 1.807) is 6.92 Å². The highest BCUT2D eigenvalue weighted by atomic mass is 35.5. The SMILES string of the molecule is CC(Oc1ccc(-c2ccccc2)cc1)C(=O)CCl. The van der Waals surface area contributed by atoms with Crippen molar-refractivity contribution in [1.29, 1.82) is 0 Å². The second-order valence-electron chi connectivity index (χ2n) is 4.25. The van der Waals surface area contributed by atoms with Crippen molar-refractivity contribution in [3.63, 3.8) is 0 Å². The van der Waals surface area contributed by atoms with Crippen LogP contribution in [-0.4, -0.2) is 17.8 Å². The Labute approximate surface area is 118 Å². The van der Waals surface area contributed by atoms with Crippen molar-refractivity contribution in [2.24, 2.45) is 0 Å². The second-order valence-corrected chi connectivity index (χ2v) is 4.52. The molecule has 0 saturated heterocycles. The summed E-state index contributed by atoms with van der Waals surface area (Å²) in [6, 6.07) is 17.8. The minimum absolute atomic E-state index is 0.0245. The fraction of sp³-hybridized carbons (Fsp3) is 0.188. The average molecular weight is 275 g/mol. The van der Waals surface area contributed by atoms with Gasteiger partial charge in [0.1, 0.15) is 5.75 Å². The number of carbonyl (C=O) groups excluding carboxylic acids is 1. The van der Waals surface area contributed by atoms with E-state index < -0.39 is 6.10 Å². The maximum Gasteiger partial charge on any atom is 0.187 e. The number of ketones is 1. The Morgan fingerprint density at radius 2 is 1.63 bits per heavy atom. The van der Waals surface area contributed by atoms with Crippen LogP contribution < -0.4 is 4.74 Å². The van der Waals surface area contributed by atoms with Gasteiger partial charge >= 0.3 is 0 Å². The fourth-order valence-corrected chi connectivity index (χ4v) is 1.95. The molecule has 3 heteroatoms. The number of halogens is 1. The van der Waals surface area contributed by atoms with Crippen LogP contribution in [0.15, 0.2) is 54.6 Å². The third-order valence-corrected chi connectivity index (χ3v) is 3.12. The molecule has 0 aliphatic carbocycles. The van der Waals surface area contributed by atoms with Crippen molar-refractivity contribution in [3.05, 3.63) is 54.6 Å². The van der Waals surface area contributed by atoms with E-state index in [2.05, 4.69) is 12.1 Å². The highest BCUT2D eigenvalue weighted by Crippen LogP contribution is 2.22. The second kappa shape index (κ2) is 6.39. The summed E-state index contributed by atoms with van der Waals surface area (Å²) in [5.74, 6) is 0.531. The first-order valence-electron chi connectivity index (χ1n) is 6.11. The predicted molar refractivity (Wildman–Crippen MR) is 77.7 cm³/mol. The van der Waals surface area contributed by atoms with Crippen LogP contribution in [0.1, 0.15) is 6.92 Å². The normalized spacial score (nSPS) is 11.9. The largest absolute Gasteiger partial charge is 0.483 e. The van der Waals surface area contributed by atoms with E-state index in [1.807, 2.05) is 42.5 Å². The molecule has 0 bridgehead atoms. The van der Waals surface area contributed by atoms with Crippen LogP contribution in [0.5, 0.6) is 5.75 Å². The summed E-state index contributed by atoms with van der Waals surface area (Å²) >= 11 is 5.49. The Morgan fingerprint density at radius 1 is 1.05 bits per heavy atom. The monoisotopic (exact) mass is 274 g/mol. The van der Waals surface area contributed by atoms with Crippen LogP contribution in [-0.2, 0) is 4.79 Å². The maximum absolute atomic E-state index is 11.3. The molecule has 1 atom stereocenters. The van der Waals surface area contributed by atoms with Gasteiger partial charge in [-0.3, -0.25) is 4.79 Å². The van der Waals surface area contributed by atoms with E-state index in [1.165, 1.54) is 0 Å². The summed E-state index contributed by atoms with van der Waals surface area (Å²) in [4.78, 5) is 11.3. The van der Waals surface area contributed by atoms with Crippen LogP contribution in [0.4, 0.5) is 0 Å². The fourth-order valence-electron chi connectivity index (χ4n) is 1.74. The van der Waals surface area contributed by atoms with Crippen molar-refractivity contribution in [1.82, 2.24) is 0 Å². The van der Waals surface area contributed by atoms with Gasteiger partial charge in [-0.15, -0.1) is 11.6 Å². The molecule has 0 spiro atoms. The summed E-state index contributed by atoms with van der Waals surface area (Å²) in [6.45, 7) is 1.70. The first-order chi connectivity index (χ1) is 9.20. The molecule has 1 unspecified atom stereocenters. The summed E-state index contributed by atoms with van der Waals surface area (Å²) in [7, 11) is 0. The topological polar surface area (TPSA) is 26.3 Å². The lowest BCUT2D eigenvalue weighted by atomic mass is 10.1. The van der Waals surface area contributed by atoms with Crippen molar-refractivity contribution in [3.8, 4) is 16.9 Å². The summed E-state index contributed by atoms with van der Waals surface area (Å²) < 4.78 is 5.52. The number of carbonyl (C=O) groups is 1. The molecule has 19 heavy (non-hydrogen) atoms. The maximum atomic E-state index is 11.3. The van der Waals surface area contributed by atoms with Gasteiger partial charge in [0.15, 0.2) is 11.9 Å². The van der Waals surface area contributed by atoms with Crippen molar-refractivity contribution >= 4 is 17.4 Å². The Kier molecular flexibility index (Phi) is 4.58. The highest BCUT2D eigenvalue weighted by Gasteiger charge is 2.12. The van der Waals surface area contributed by atoms with Crippen molar-refractivity contribution in [2.75, 3.05) is 5.88 Å². The van der Waals surface area contributed by atoms with Crippen LogP contribution in [0.2, 0.25) is 0 Å². The number of hydrogen-bond donors (Lipinski definition) is 0. The van der Waals surface area contributed by atoms with E-state index in [-0.39, 0.29) is 11.7 Å². The first-order valence-corrected chi connectivity index (χ1v) is 6.65. The smallest absolute Gasteiger partial charge is 0.187 e. The molecule has 0 aliphatic heterocycles. The molecule has 2 aromatic rings. The zero-order valence-electron chi connectivity index (χ0n) is 10.7. The molecular formula is C16H15ClO2. The highest BCUT2D eigenvalue weighted by molar-refractivity contribution is 6.28. The van der Waals surface area contributed by atoms with E-state index in [0.29, 0.717) is 5.75 Å². The number of Topliss-reactive ketones (excluding diaryl/α,β-unsaturated/α-hetero) is 1. The zero-order valence-corrected chi connectivity index (χ0v) is 11.4. The van der Waals surface area contributed by atoms with Gasteiger partial charge in [0.2, 0.25) is 0 Å². The Balaban J connectivity index is 2.09. The molecule has 0 N–H and O–H groups in total. The Bertz CT molecular complexity index is 534. The Morgan fingerprint density at radius 3 is 2.21 bits per heavy atom. The van der Waals surface area contributed by atoms with Gasteiger partial charge < -0.3 is 4.74 Å². The molecule has 2 aromatic carbocycles. The van der Waals surface area contributed by atoms with Gasteiger partial charge in [-0.05, 0) is 30.2 Å². The molecule has 2 nitrogen and oxygen atoms in total. The third-order valence-electron chi connectivity index (χ3n) is 2.86. The lowest BCUT2D eigenvalue weighted by Crippen LogP contribution is -2.24. The predicted octanol–water partition coefficient (Wildman–Crippen LogP) is 3.93. The summed E-state index contributed by atoms with van der Waals surface area (Å²) in [5, 5.41) is 0. The number of benzene rings is 2. The lowest BCUT2D eigenvalue weighted by molar-refractivity contribution is -0.122. The van der Waals surface area contributed by atoms with Crippen LogP contribution >= 0.6 is 11.6 Å². The average Bonchev–Trinajstić information content (AvgIpc) is 2.48. The first kappa shape index (κ1) is 13.6. The minimum Gasteiger partial charge on any atom is -0.483 e. The van der Waals surface area contributed by atoms with Gasteiger partial charge in [-0.2, -0.15) is 0 Å². The van der Waals surface area contributed by atoms with Crippen LogP contribution in [0.3, 0.4) is 0 Å². The van der Waals surface area contributed by atoms with E-state index in [0.717, 1.165) is 11.1 Å². The quantitative estimate of drug-likeness (QED) is 0.772. The molecule has 0 fully saturated rings. The number of hydrogen-bond acceptors (Lipinski definition) is 2. The molecule has 0 saturated carbocycles. The molecule has 0 aliphatic rings. The summed E-state index contributed by atoms with van der Waals surface area (Å²) in [6.07, 6.45) is -0.514. The number of alkyl halides is 1. The molecule has 0 radical (unpaired) electrons. The lowest BCUT2D eigenvalue weighted by Gasteiger charge is -2.12. The van der Waals surface area contributed by atoms with Crippen LogP contribution in [0.25, 0.3) is 11.1 Å². The van der Waals surface area contributed by atoms with Gasteiger partial charge in [0, 0.05) is 0 Å². The van der Waals surface area contributed by atoms with Crippen LogP contribution in [0, 0.1) is 0 Å². The Hall–Kier alpha value is -1.80. The third kappa shape index (κ3) is 3.58. The molecule has 0 aromatic heterocycles. The molecule has 0 amide bonds. The van der Waals surface area contributed by atoms with Crippen molar-refractivity contribution in [2.45, 2.75) is 13.0 Å². The number of ether oxygens (including phenoxy) is 1. The summed E-state index contributed by atoms with van der Waals surface area (Å²) in [5.41, 5.74) is 2.27. The minimum atomic E-state index is -0.514. The number of rotatable bonds is 5. The molecular weight excluding hydrogens is 260 g/mol. The standard InChI is InChI=1S/C16H15ClO2/c1-12(16(18)11-17)19-15-9-7-14(8-10-15)13-5-3-2-4-6-13/h2-10,12H,11H2,1H3. The molecule has 0 heterocycles. The zero-order chi connectivity index (χ0) is 13.7. The molecule has 2 rings (SSSR count). The molecule has 98 valence electrons. The van der Waals surface area contributed by atoms with Crippen molar-refractivity contribution < 1.29 is 9.53 Å².